The van der Waals surface area contributed by atoms with Crippen LogP contribution < -0.4 is 11.5 Å². The molecular formula is C10H7ClF3N5O. The van der Waals surface area contributed by atoms with E-state index in [4.69, 9.17) is 23.1 Å². The Labute approximate surface area is 115 Å². The minimum atomic E-state index is -4.57. The molecule has 0 aliphatic heterocycles. The number of anilines is 1. The molecule has 2 aromatic rings. The quantitative estimate of drug-likeness (QED) is 0.880. The van der Waals surface area contributed by atoms with Crippen molar-refractivity contribution in [3.8, 4) is 5.82 Å². The van der Waals surface area contributed by atoms with Gasteiger partial charge in [-0.2, -0.15) is 23.0 Å². The normalized spacial score (nSPS) is 11.6. The number of amides is 1. The molecule has 0 saturated heterocycles. The summed E-state index contributed by atoms with van der Waals surface area (Å²) in [4.78, 5) is 14.6. The predicted octanol–water partition coefficient (Wildman–Crippen LogP) is 1.62. The van der Waals surface area contributed by atoms with Crippen molar-refractivity contribution in [2.75, 3.05) is 5.73 Å². The Bertz CT molecular complexity index is 682. The van der Waals surface area contributed by atoms with Gasteiger partial charge in [-0.1, -0.05) is 11.6 Å². The third kappa shape index (κ3) is 2.39. The summed E-state index contributed by atoms with van der Waals surface area (Å²) in [5.41, 5.74) is 9.57. The second-order valence-corrected chi connectivity index (χ2v) is 4.15. The molecule has 2 heterocycles. The smallest absolute Gasteiger partial charge is 0.383 e. The van der Waals surface area contributed by atoms with E-state index in [0.717, 1.165) is 10.9 Å². The van der Waals surface area contributed by atoms with Crippen LogP contribution in [0.3, 0.4) is 0 Å². The molecule has 0 atom stereocenters. The van der Waals surface area contributed by atoms with Crippen molar-refractivity contribution in [2.24, 2.45) is 5.73 Å². The van der Waals surface area contributed by atoms with Gasteiger partial charge in [-0.3, -0.25) is 4.79 Å². The molecule has 0 saturated carbocycles. The Morgan fingerprint density at radius 3 is 2.45 bits per heavy atom. The summed E-state index contributed by atoms with van der Waals surface area (Å²) >= 11 is 5.74. The van der Waals surface area contributed by atoms with E-state index in [1.807, 2.05) is 0 Å². The van der Waals surface area contributed by atoms with E-state index in [9.17, 15) is 18.0 Å². The highest BCUT2D eigenvalue weighted by atomic mass is 35.5. The molecule has 0 aliphatic carbocycles. The first-order valence-corrected chi connectivity index (χ1v) is 5.46. The van der Waals surface area contributed by atoms with E-state index in [-0.39, 0.29) is 22.2 Å². The summed E-state index contributed by atoms with van der Waals surface area (Å²) in [6.07, 6.45) is -2.90. The molecule has 106 valence electrons. The SMILES string of the molecule is NC(=O)c1cnn(-c2ncc(C(F)(F)F)cc2Cl)c1N. The number of aromatic nitrogens is 3. The molecule has 0 fully saturated rings. The summed E-state index contributed by atoms with van der Waals surface area (Å²) in [5.74, 6) is -1.12. The van der Waals surface area contributed by atoms with Crippen molar-refractivity contribution in [1.82, 2.24) is 14.8 Å². The van der Waals surface area contributed by atoms with Gasteiger partial charge in [0.2, 0.25) is 0 Å². The average molecular weight is 306 g/mol. The van der Waals surface area contributed by atoms with E-state index in [1.54, 1.807) is 0 Å². The summed E-state index contributed by atoms with van der Waals surface area (Å²) in [5, 5.41) is 3.41. The van der Waals surface area contributed by atoms with Crippen LogP contribution in [0.2, 0.25) is 5.02 Å². The van der Waals surface area contributed by atoms with Gasteiger partial charge in [0.15, 0.2) is 5.82 Å². The number of alkyl halides is 3. The molecule has 2 aromatic heterocycles. The molecule has 0 radical (unpaired) electrons. The summed E-state index contributed by atoms with van der Waals surface area (Å²) in [6.45, 7) is 0. The molecular weight excluding hydrogens is 299 g/mol. The Balaban J connectivity index is 2.52. The number of hydrogen-bond donors (Lipinski definition) is 2. The first-order valence-electron chi connectivity index (χ1n) is 5.08. The zero-order valence-corrected chi connectivity index (χ0v) is 10.4. The minimum absolute atomic E-state index is 0.0808. The second-order valence-electron chi connectivity index (χ2n) is 3.75. The molecule has 2 rings (SSSR count). The van der Waals surface area contributed by atoms with Crippen LogP contribution in [-0.4, -0.2) is 20.7 Å². The maximum absolute atomic E-state index is 12.5. The number of pyridine rings is 1. The Hall–Kier alpha value is -2.29. The number of nitrogen functional groups attached to an aromatic ring is 1. The number of rotatable bonds is 2. The molecule has 6 nitrogen and oxygen atoms in total. The van der Waals surface area contributed by atoms with Gasteiger partial charge in [0.25, 0.3) is 5.91 Å². The summed E-state index contributed by atoms with van der Waals surface area (Å²) in [6, 6.07) is 0.689. The number of halogens is 4. The molecule has 4 N–H and O–H groups in total. The van der Waals surface area contributed by atoms with Crippen molar-refractivity contribution in [3.05, 3.63) is 34.6 Å². The largest absolute Gasteiger partial charge is 0.417 e. The van der Waals surface area contributed by atoms with E-state index in [0.29, 0.717) is 12.3 Å². The van der Waals surface area contributed by atoms with Crippen molar-refractivity contribution in [2.45, 2.75) is 6.18 Å². The lowest BCUT2D eigenvalue weighted by atomic mass is 10.2. The van der Waals surface area contributed by atoms with Crippen LogP contribution in [0.25, 0.3) is 5.82 Å². The molecule has 1 amide bonds. The van der Waals surface area contributed by atoms with Crippen LogP contribution in [0.15, 0.2) is 18.5 Å². The summed E-state index contributed by atoms with van der Waals surface area (Å²) in [7, 11) is 0. The monoisotopic (exact) mass is 305 g/mol. The topological polar surface area (TPSA) is 99.8 Å². The summed E-state index contributed by atoms with van der Waals surface area (Å²) < 4.78 is 38.4. The Kier molecular flexibility index (Phi) is 3.30. The molecule has 10 heteroatoms. The number of carbonyl (C=O) groups is 1. The maximum Gasteiger partial charge on any atom is 0.417 e. The fourth-order valence-electron chi connectivity index (χ4n) is 1.46. The zero-order chi connectivity index (χ0) is 15.1. The van der Waals surface area contributed by atoms with Gasteiger partial charge < -0.3 is 11.5 Å². The lowest BCUT2D eigenvalue weighted by molar-refractivity contribution is -0.137. The molecule has 0 aliphatic rings. The van der Waals surface area contributed by atoms with Gasteiger partial charge in [-0.15, -0.1) is 0 Å². The zero-order valence-electron chi connectivity index (χ0n) is 9.65. The number of primary amides is 1. The van der Waals surface area contributed by atoms with Crippen molar-refractivity contribution in [1.29, 1.82) is 0 Å². The predicted molar refractivity (Wildman–Crippen MR) is 64.3 cm³/mol. The van der Waals surface area contributed by atoms with Crippen molar-refractivity contribution >= 4 is 23.3 Å². The lowest BCUT2D eigenvalue weighted by Crippen LogP contribution is -2.14. The first-order chi connectivity index (χ1) is 9.21. The van der Waals surface area contributed by atoms with Crippen molar-refractivity contribution in [3.63, 3.8) is 0 Å². The standard InChI is InChI=1S/C10H7ClF3N5O/c11-6-1-4(10(12,13)14)2-17-9(6)19-7(15)5(3-18-19)8(16)20/h1-3H,15H2,(H2,16,20). The van der Waals surface area contributed by atoms with Crippen LogP contribution in [0.1, 0.15) is 15.9 Å². The van der Waals surface area contributed by atoms with E-state index in [1.165, 1.54) is 0 Å². The number of nitrogens with zero attached hydrogens (tertiary/aromatic N) is 3. The molecule has 0 bridgehead atoms. The lowest BCUT2D eigenvalue weighted by Gasteiger charge is -2.10. The van der Waals surface area contributed by atoms with Crippen LogP contribution in [0.4, 0.5) is 19.0 Å². The van der Waals surface area contributed by atoms with Gasteiger partial charge in [0, 0.05) is 6.20 Å². The fraction of sp³-hybridized carbons (Fsp3) is 0.100. The molecule has 0 unspecified atom stereocenters. The van der Waals surface area contributed by atoms with Gasteiger partial charge >= 0.3 is 6.18 Å². The second kappa shape index (κ2) is 4.67. The Morgan fingerprint density at radius 2 is 2.00 bits per heavy atom. The van der Waals surface area contributed by atoms with Gasteiger partial charge in [-0.25, -0.2) is 4.98 Å². The van der Waals surface area contributed by atoms with Crippen LogP contribution in [0, 0.1) is 0 Å². The van der Waals surface area contributed by atoms with Gasteiger partial charge in [0.1, 0.15) is 11.4 Å². The maximum atomic E-state index is 12.5. The van der Waals surface area contributed by atoms with Crippen LogP contribution >= 0.6 is 11.6 Å². The molecule has 0 aromatic carbocycles. The third-order valence-corrected chi connectivity index (χ3v) is 2.70. The number of hydrogen-bond acceptors (Lipinski definition) is 4. The number of carbonyl (C=O) groups excluding carboxylic acids is 1. The van der Waals surface area contributed by atoms with Crippen molar-refractivity contribution < 1.29 is 18.0 Å². The average Bonchev–Trinajstić information content (AvgIpc) is 2.70. The molecule has 20 heavy (non-hydrogen) atoms. The third-order valence-electron chi connectivity index (χ3n) is 2.42. The fourth-order valence-corrected chi connectivity index (χ4v) is 1.70. The van der Waals surface area contributed by atoms with E-state index >= 15 is 0 Å². The van der Waals surface area contributed by atoms with Crippen LogP contribution in [-0.2, 0) is 6.18 Å². The minimum Gasteiger partial charge on any atom is -0.383 e. The highest BCUT2D eigenvalue weighted by Crippen LogP contribution is 2.32. The number of nitrogens with two attached hydrogens (primary N) is 2. The Morgan fingerprint density at radius 1 is 1.35 bits per heavy atom. The van der Waals surface area contributed by atoms with Crippen LogP contribution in [0.5, 0.6) is 0 Å². The highest BCUT2D eigenvalue weighted by Gasteiger charge is 2.32. The van der Waals surface area contributed by atoms with Gasteiger partial charge in [-0.05, 0) is 6.07 Å². The van der Waals surface area contributed by atoms with E-state index in [2.05, 4.69) is 10.1 Å². The van der Waals surface area contributed by atoms with Gasteiger partial charge in [0.05, 0.1) is 16.8 Å². The molecule has 0 spiro atoms. The first kappa shape index (κ1) is 14.1. The highest BCUT2D eigenvalue weighted by molar-refractivity contribution is 6.32. The van der Waals surface area contributed by atoms with E-state index < -0.39 is 17.6 Å².